The first-order valence-electron chi connectivity index (χ1n) is 10.1. The Bertz CT molecular complexity index is 1060. The number of thiophene rings is 1. The van der Waals surface area contributed by atoms with Crippen molar-refractivity contribution in [3.05, 3.63) is 51.1 Å². The second kappa shape index (κ2) is 8.34. The van der Waals surface area contributed by atoms with Crippen LogP contribution in [0.1, 0.15) is 65.5 Å². The van der Waals surface area contributed by atoms with E-state index in [9.17, 15) is 10.1 Å². The summed E-state index contributed by atoms with van der Waals surface area (Å²) >= 11 is 1.72. The Labute approximate surface area is 174 Å². The van der Waals surface area contributed by atoms with E-state index < -0.39 is 0 Å². The molecule has 150 valence electrons. The molecule has 0 aliphatic heterocycles. The molecule has 1 amide bonds. The highest BCUT2D eigenvalue weighted by molar-refractivity contribution is 7.10. The summed E-state index contributed by atoms with van der Waals surface area (Å²) in [6.07, 6.45) is 7.43. The molecule has 1 unspecified atom stereocenters. The zero-order valence-electron chi connectivity index (χ0n) is 16.8. The van der Waals surface area contributed by atoms with Gasteiger partial charge in [-0.3, -0.25) is 4.79 Å². The van der Waals surface area contributed by atoms with E-state index >= 15 is 0 Å². The van der Waals surface area contributed by atoms with Gasteiger partial charge in [-0.2, -0.15) is 10.4 Å². The Balaban J connectivity index is 1.48. The summed E-state index contributed by atoms with van der Waals surface area (Å²) < 4.78 is 1.70. The number of hydrogen-bond donors (Lipinski definition) is 1. The van der Waals surface area contributed by atoms with Gasteiger partial charge < -0.3 is 5.32 Å². The molecule has 4 rings (SSSR count). The van der Waals surface area contributed by atoms with Crippen LogP contribution >= 0.6 is 11.3 Å². The van der Waals surface area contributed by atoms with E-state index in [2.05, 4.69) is 39.0 Å². The van der Waals surface area contributed by atoms with Crippen molar-refractivity contribution in [1.82, 2.24) is 19.9 Å². The summed E-state index contributed by atoms with van der Waals surface area (Å²) in [7, 11) is 0. The Morgan fingerprint density at radius 1 is 1.41 bits per heavy atom. The highest BCUT2D eigenvalue weighted by Crippen LogP contribution is 2.37. The molecule has 0 aromatic carbocycles. The number of aryl methyl sites for hydroxylation is 2. The van der Waals surface area contributed by atoms with Gasteiger partial charge in [0.05, 0.1) is 12.2 Å². The lowest BCUT2D eigenvalue weighted by atomic mass is 9.96. The van der Waals surface area contributed by atoms with Crippen LogP contribution in [0.5, 0.6) is 0 Å². The third kappa shape index (κ3) is 3.90. The second-order valence-corrected chi connectivity index (χ2v) is 8.75. The molecule has 3 heterocycles. The van der Waals surface area contributed by atoms with Gasteiger partial charge in [0.1, 0.15) is 11.6 Å². The van der Waals surface area contributed by atoms with Gasteiger partial charge in [-0.1, -0.05) is 18.9 Å². The van der Waals surface area contributed by atoms with Gasteiger partial charge in [-0.15, -0.1) is 11.3 Å². The van der Waals surface area contributed by atoms with Crippen LogP contribution in [0.4, 0.5) is 0 Å². The van der Waals surface area contributed by atoms with E-state index in [0.29, 0.717) is 30.0 Å². The number of carbonyl (C=O) groups excluding carboxylic acids is 1. The van der Waals surface area contributed by atoms with Crippen LogP contribution in [0.2, 0.25) is 0 Å². The molecule has 1 aliphatic rings. The lowest BCUT2D eigenvalue weighted by Crippen LogP contribution is -2.32. The number of nitriles is 1. The van der Waals surface area contributed by atoms with Gasteiger partial charge in [0.15, 0.2) is 5.65 Å². The van der Waals surface area contributed by atoms with Crippen LogP contribution in [0, 0.1) is 31.1 Å². The van der Waals surface area contributed by atoms with Gasteiger partial charge in [0.25, 0.3) is 0 Å². The minimum absolute atomic E-state index is 0.0763. The average molecular weight is 408 g/mol. The molecule has 29 heavy (non-hydrogen) atoms. The van der Waals surface area contributed by atoms with E-state index in [1.807, 2.05) is 13.8 Å². The minimum Gasteiger partial charge on any atom is -0.348 e. The summed E-state index contributed by atoms with van der Waals surface area (Å²) in [5, 5.41) is 18.9. The zero-order valence-corrected chi connectivity index (χ0v) is 17.6. The third-order valence-electron chi connectivity index (χ3n) is 5.97. The Kier molecular flexibility index (Phi) is 5.63. The molecule has 6 nitrogen and oxygen atoms in total. The second-order valence-electron chi connectivity index (χ2n) is 7.77. The van der Waals surface area contributed by atoms with E-state index in [-0.39, 0.29) is 11.9 Å². The molecular formula is C22H25N5OS. The van der Waals surface area contributed by atoms with Crippen LogP contribution in [0.3, 0.4) is 0 Å². The molecule has 1 saturated carbocycles. The van der Waals surface area contributed by atoms with Crippen molar-refractivity contribution < 1.29 is 4.79 Å². The predicted molar refractivity (Wildman–Crippen MR) is 113 cm³/mol. The summed E-state index contributed by atoms with van der Waals surface area (Å²) in [5.74, 6) is 0.611. The van der Waals surface area contributed by atoms with E-state index in [1.165, 1.54) is 30.6 Å². The maximum Gasteiger partial charge on any atom is 0.220 e. The number of carbonyl (C=O) groups is 1. The molecule has 3 aromatic rings. The first-order valence-corrected chi connectivity index (χ1v) is 11.0. The molecule has 1 N–H and O–H groups in total. The predicted octanol–water partition coefficient (Wildman–Crippen LogP) is 4.26. The van der Waals surface area contributed by atoms with Crippen LogP contribution < -0.4 is 5.32 Å². The number of hydrogen-bond acceptors (Lipinski definition) is 5. The molecule has 0 radical (unpaired) electrons. The Morgan fingerprint density at radius 3 is 2.90 bits per heavy atom. The molecule has 0 saturated heterocycles. The van der Waals surface area contributed by atoms with Gasteiger partial charge in [0.2, 0.25) is 5.91 Å². The number of nitrogens with zero attached hydrogens (tertiary/aromatic N) is 4. The van der Waals surface area contributed by atoms with E-state index in [1.54, 1.807) is 22.0 Å². The van der Waals surface area contributed by atoms with Crippen molar-refractivity contribution in [2.24, 2.45) is 5.92 Å². The fourth-order valence-corrected chi connectivity index (χ4v) is 5.29. The van der Waals surface area contributed by atoms with Crippen LogP contribution in [0.15, 0.2) is 23.7 Å². The van der Waals surface area contributed by atoms with Gasteiger partial charge in [-0.05, 0) is 56.0 Å². The molecule has 0 bridgehead atoms. The van der Waals surface area contributed by atoms with E-state index in [0.717, 1.165) is 17.0 Å². The molecule has 1 aliphatic carbocycles. The topological polar surface area (TPSA) is 83.1 Å². The molecular weight excluding hydrogens is 382 g/mol. The van der Waals surface area contributed by atoms with E-state index in [4.69, 9.17) is 0 Å². The molecule has 7 heteroatoms. The summed E-state index contributed by atoms with van der Waals surface area (Å²) in [5.41, 5.74) is 3.86. The number of amides is 1. The lowest BCUT2D eigenvalue weighted by Gasteiger charge is -2.24. The van der Waals surface area contributed by atoms with Gasteiger partial charge >= 0.3 is 0 Å². The smallest absolute Gasteiger partial charge is 0.220 e. The number of fused-ring (bicyclic) bond motifs is 1. The van der Waals surface area contributed by atoms with Crippen molar-refractivity contribution in [3.8, 4) is 6.07 Å². The highest BCUT2D eigenvalue weighted by Gasteiger charge is 2.28. The fourth-order valence-electron chi connectivity index (χ4n) is 4.42. The number of nitrogens with one attached hydrogen (secondary N) is 1. The third-order valence-corrected chi connectivity index (χ3v) is 6.92. The van der Waals surface area contributed by atoms with Gasteiger partial charge in [0, 0.05) is 22.7 Å². The zero-order chi connectivity index (χ0) is 20.4. The maximum atomic E-state index is 12.8. The number of aromatic nitrogens is 3. The highest BCUT2D eigenvalue weighted by atomic mass is 32.1. The monoisotopic (exact) mass is 407 g/mol. The summed E-state index contributed by atoms with van der Waals surface area (Å²) in [4.78, 5) is 18.6. The van der Waals surface area contributed by atoms with Crippen molar-refractivity contribution in [2.45, 2.75) is 58.4 Å². The molecule has 1 fully saturated rings. The van der Waals surface area contributed by atoms with Crippen molar-refractivity contribution in [1.29, 1.82) is 5.26 Å². The number of rotatable bonds is 6. The average Bonchev–Trinajstić information content (AvgIpc) is 3.47. The van der Waals surface area contributed by atoms with Crippen molar-refractivity contribution >= 4 is 22.9 Å². The molecule has 1 atom stereocenters. The Hall–Kier alpha value is -2.72. The summed E-state index contributed by atoms with van der Waals surface area (Å²) in [6, 6.07) is 6.44. The maximum absolute atomic E-state index is 12.8. The van der Waals surface area contributed by atoms with Crippen molar-refractivity contribution in [2.75, 3.05) is 0 Å². The standard InChI is InChI=1S/C22H25N5OS/c1-14-18(15(2)27-22(25-14)17(12-23)13-24-27)9-10-20(28)26-21(16-6-3-4-7-16)19-8-5-11-29-19/h5,8,11,13,16,21H,3-4,6-7,9-10H2,1-2H3,(H,26,28). The quantitative estimate of drug-likeness (QED) is 0.662. The minimum atomic E-state index is 0.0763. The fraction of sp³-hybridized carbons (Fsp3) is 0.455. The van der Waals surface area contributed by atoms with Crippen LogP contribution in [-0.2, 0) is 11.2 Å². The summed E-state index contributed by atoms with van der Waals surface area (Å²) in [6.45, 7) is 3.90. The largest absolute Gasteiger partial charge is 0.348 e. The Morgan fingerprint density at radius 2 is 2.21 bits per heavy atom. The van der Waals surface area contributed by atoms with Gasteiger partial charge in [-0.25, -0.2) is 9.50 Å². The molecule has 3 aromatic heterocycles. The van der Waals surface area contributed by atoms with Crippen LogP contribution in [0.25, 0.3) is 5.65 Å². The first kappa shape index (κ1) is 19.6. The molecule has 0 spiro atoms. The first-order chi connectivity index (χ1) is 14.1. The van der Waals surface area contributed by atoms with Crippen LogP contribution in [-0.4, -0.2) is 20.5 Å². The van der Waals surface area contributed by atoms with Crippen molar-refractivity contribution in [3.63, 3.8) is 0 Å². The SMILES string of the molecule is Cc1nc2c(C#N)cnn2c(C)c1CCC(=O)NC(c1cccs1)C1CCCC1. The normalized spacial score (nSPS) is 15.5. The lowest BCUT2D eigenvalue weighted by molar-refractivity contribution is -0.122.